The van der Waals surface area contributed by atoms with Crippen molar-refractivity contribution in [2.75, 3.05) is 25.5 Å². The zero-order valence-corrected chi connectivity index (χ0v) is 13.8. The molecule has 0 saturated heterocycles. The van der Waals surface area contributed by atoms with Crippen molar-refractivity contribution in [3.05, 3.63) is 51.2 Å². The second-order valence-corrected chi connectivity index (χ2v) is 6.36. The monoisotopic (exact) mass is 308 g/mol. The molecular formula is C16H21ClN2S. The second kappa shape index (κ2) is 7.11. The van der Waals surface area contributed by atoms with Gasteiger partial charge in [0.1, 0.15) is 0 Å². The number of nitrogens with one attached hydrogen (secondary N) is 1. The number of rotatable bonds is 6. The van der Waals surface area contributed by atoms with E-state index in [1.807, 2.05) is 11.4 Å². The molecule has 1 unspecified atom stereocenters. The predicted octanol–water partition coefficient (Wildman–Crippen LogP) is 4.56. The first kappa shape index (κ1) is 15.4. The van der Waals surface area contributed by atoms with Gasteiger partial charge in [0.15, 0.2) is 0 Å². The molecule has 2 rings (SSSR count). The normalized spacial score (nSPS) is 12.4. The Morgan fingerprint density at radius 3 is 2.70 bits per heavy atom. The molecule has 1 atom stereocenters. The van der Waals surface area contributed by atoms with Gasteiger partial charge in [-0.15, -0.1) is 11.3 Å². The van der Waals surface area contributed by atoms with Gasteiger partial charge >= 0.3 is 0 Å². The maximum Gasteiger partial charge on any atom is 0.0686 e. The Balaban J connectivity index is 2.36. The summed E-state index contributed by atoms with van der Waals surface area (Å²) in [5.41, 5.74) is 2.47. The number of hydrogen-bond acceptors (Lipinski definition) is 3. The summed E-state index contributed by atoms with van der Waals surface area (Å²) in [6.07, 6.45) is 1.10. The van der Waals surface area contributed by atoms with Crippen LogP contribution in [0.5, 0.6) is 0 Å². The Hall–Kier alpha value is -1.03. The fourth-order valence-electron chi connectivity index (χ4n) is 2.14. The summed E-state index contributed by atoms with van der Waals surface area (Å²) in [6, 6.07) is 10.8. The van der Waals surface area contributed by atoms with E-state index in [1.165, 1.54) is 16.1 Å². The van der Waals surface area contributed by atoms with Crippen LogP contribution in [0, 0.1) is 0 Å². The van der Waals surface area contributed by atoms with E-state index >= 15 is 0 Å². The minimum atomic E-state index is 0.169. The summed E-state index contributed by atoms with van der Waals surface area (Å²) in [5.74, 6) is 0. The zero-order valence-electron chi connectivity index (χ0n) is 12.2. The lowest BCUT2D eigenvalue weighted by Crippen LogP contribution is -2.23. The highest BCUT2D eigenvalue weighted by molar-refractivity contribution is 7.10. The third-order valence-electron chi connectivity index (χ3n) is 3.23. The highest BCUT2D eigenvalue weighted by atomic mass is 35.5. The molecule has 0 amide bonds. The smallest absolute Gasteiger partial charge is 0.0686 e. The molecular weight excluding hydrogens is 288 g/mol. The SMILES string of the molecule is CCCNC(c1cccc(N(C)C)c1)c1sccc1Cl. The quantitative estimate of drug-likeness (QED) is 0.842. The van der Waals surface area contributed by atoms with Crippen LogP contribution in [0.4, 0.5) is 5.69 Å². The third kappa shape index (κ3) is 3.54. The number of benzene rings is 1. The molecule has 0 bridgehead atoms. The van der Waals surface area contributed by atoms with Crippen molar-refractivity contribution in [1.29, 1.82) is 0 Å². The molecule has 4 heteroatoms. The van der Waals surface area contributed by atoms with Gasteiger partial charge in [-0.1, -0.05) is 30.7 Å². The van der Waals surface area contributed by atoms with E-state index in [9.17, 15) is 0 Å². The van der Waals surface area contributed by atoms with E-state index in [4.69, 9.17) is 11.6 Å². The van der Waals surface area contributed by atoms with Crippen LogP contribution in [0.25, 0.3) is 0 Å². The van der Waals surface area contributed by atoms with Crippen molar-refractivity contribution in [3.8, 4) is 0 Å². The molecule has 2 nitrogen and oxygen atoms in total. The van der Waals surface area contributed by atoms with Gasteiger partial charge in [-0.2, -0.15) is 0 Å². The number of halogens is 1. The average Bonchev–Trinajstić information content (AvgIpc) is 2.86. The van der Waals surface area contributed by atoms with Gasteiger partial charge in [-0.05, 0) is 42.1 Å². The van der Waals surface area contributed by atoms with Crippen molar-refractivity contribution in [2.24, 2.45) is 0 Å². The molecule has 0 aliphatic heterocycles. The Labute approximate surface area is 130 Å². The first-order valence-corrected chi connectivity index (χ1v) is 8.12. The van der Waals surface area contributed by atoms with Crippen molar-refractivity contribution < 1.29 is 0 Å². The molecule has 0 aliphatic rings. The first-order valence-electron chi connectivity index (χ1n) is 6.87. The van der Waals surface area contributed by atoms with Crippen molar-refractivity contribution in [1.82, 2.24) is 5.32 Å². The minimum Gasteiger partial charge on any atom is -0.378 e. The summed E-state index contributed by atoms with van der Waals surface area (Å²) in [7, 11) is 4.12. The molecule has 1 N–H and O–H groups in total. The van der Waals surface area contributed by atoms with Gasteiger partial charge in [0.25, 0.3) is 0 Å². The van der Waals surface area contributed by atoms with Crippen LogP contribution in [-0.2, 0) is 0 Å². The van der Waals surface area contributed by atoms with Gasteiger partial charge < -0.3 is 10.2 Å². The molecule has 1 aromatic carbocycles. The van der Waals surface area contributed by atoms with Crippen molar-refractivity contribution in [2.45, 2.75) is 19.4 Å². The van der Waals surface area contributed by atoms with E-state index in [0.717, 1.165) is 18.0 Å². The summed E-state index contributed by atoms with van der Waals surface area (Å²) in [6.45, 7) is 3.15. The number of nitrogens with zero attached hydrogens (tertiary/aromatic N) is 1. The van der Waals surface area contributed by atoms with Gasteiger partial charge in [0, 0.05) is 24.7 Å². The number of anilines is 1. The fourth-order valence-corrected chi connectivity index (χ4v) is 3.41. The Kier molecular flexibility index (Phi) is 5.46. The molecule has 0 fully saturated rings. The highest BCUT2D eigenvalue weighted by Gasteiger charge is 2.18. The summed E-state index contributed by atoms with van der Waals surface area (Å²) >= 11 is 8.03. The van der Waals surface area contributed by atoms with Crippen LogP contribution in [0.2, 0.25) is 5.02 Å². The predicted molar refractivity (Wildman–Crippen MR) is 90.2 cm³/mol. The first-order chi connectivity index (χ1) is 9.63. The Bertz CT molecular complexity index is 551. The van der Waals surface area contributed by atoms with Gasteiger partial charge in [-0.25, -0.2) is 0 Å². The molecule has 20 heavy (non-hydrogen) atoms. The molecule has 1 aromatic heterocycles. The number of thiophene rings is 1. The highest BCUT2D eigenvalue weighted by Crippen LogP contribution is 2.34. The molecule has 108 valence electrons. The van der Waals surface area contributed by atoms with Crippen LogP contribution in [0.15, 0.2) is 35.7 Å². The van der Waals surface area contributed by atoms with Crippen molar-refractivity contribution in [3.63, 3.8) is 0 Å². The molecule has 1 heterocycles. The van der Waals surface area contributed by atoms with Crippen LogP contribution >= 0.6 is 22.9 Å². The topological polar surface area (TPSA) is 15.3 Å². The van der Waals surface area contributed by atoms with Crippen LogP contribution in [0.1, 0.15) is 29.8 Å². The minimum absolute atomic E-state index is 0.169. The largest absolute Gasteiger partial charge is 0.378 e. The van der Waals surface area contributed by atoms with Gasteiger partial charge in [0.05, 0.1) is 11.1 Å². The van der Waals surface area contributed by atoms with Crippen LogP contribution in [-0.4, -0.2) is 20.6 Å². The molecule has 0 aliphatic carbocycles. The molecule has 2 aromatic rings. The maximum atomic E-state index is 6.33. The standard InChI is InChI=1S/C16H21ClN2S/c1-4-9-18-15(16-14(17)8-10-20-16)12-6-5-7-13(11-12)19(2)3/h5-8,10-11,15,18H,4,9H2,1-3H3. The zero-order chi connectivity index (χ0) is 14.5. The third-order valence-corrected chi connectivity index (χ3v) is 4.65. The molecule has 0 saturated carbocycles. The lowest BCUT2D eigenvalue weighted by atomic mass is 10.0. The lowest BCUT2D eigenvalue weighted by molar-refractivity contribution is 0.606. The second-order valence-electron chi connectivity index (χ2n) is 5.01. The maximum absolute atomic E-state index is 6.33. The van der Waals surface area contributed by atoms with Gasteiger partial charge in [0.2, 0.25) is 0 Å². The Morgan fingerprint density at radius 2 is 2.10 bits per heavy atom. The van der Waals surface area contributed by atoms with Crippen LogP contribution in [0.3, 0.4) is 0 Å². The molecule has 0 radical (unpaired) electrons. The van der Waals surface area contributed by atoms with E-state index in [0.29, 0.717) is 0 Å². The summed E-state index contributed by atoms with van der Waals surface area (Å²) < 4.78 is 0. The number of hydrogen-bond donors (Lipinski definition) is 1. The van der Waals surface area contributed by atoms with E-state index in [1.54, 1.807) is 11.3 Å². The van der Waals surface area contributed by atoms with Crippen molar-refractivity contribution >= 4 is 28.6 Å². The van der Waals surface area contributed by atoms with E-state index in [-0.39, 0.29) is 6.04 Å². The van der Waals surface area contributed by atoms with E-state index in [2.05, 4.69) is 55.5 Å². The summed E-state index contributed by atoms with van der Waals surface area (Å²) in [5, 5.41) is 6.50. The Morgan fingerprint density at radius 1 is 1.30 bits per heavy atom. The lowest BCUT2D eigenvalue weighted by Gasteiger charge is -2.21. The van der Waals surface area contributed by atoms with Gasteiger partial charge in [-0.3, -0.25) is 0 Å². The van der Waals surface area contributed by atoms with E-state index < -0.39 is 0 Å². The summed E-state index contributed by atoms with van der Waals surface area (Å²) in [4.78, 5) is 3.31. The molecule has 0 spiro atoms. The average molecular weight is 309 g/mol. The van der Waals surface area contributed by atoms with Crippen LogP contribution < -0.4 is 10.2 Å². The fraction of sp³-hybridized carbons (Fsp3) is 0.375.